The monoisotopic (exact) mass is 448 g/mol. The van der Waals surface area contributed by atoms with Crippen LogP contribution in [0.25, 0.3) is 33.3 Å². The predicted molar refractivity (Wildman–Crippen MR) is 138 cm³/mol. The maximum atomic E-state index is 12.5. The number of piperidine rings is 1. The summed E-state index contributed by atoms with van der Waals surface area (Å²) in [5.74, 6) is 1.38. The molecule has 6 nitrogen and oxygen atoms in total. The Morgan fingerprint density at radius 1 is 0.909 bits per heavy atom. The first kappa shape index (κ1) is 24.5. The molecule has 0 saturated carbocycles. The van der Waals surface area contributed by atoms with E-state index in [0.29, 0.717) is 18.0 Å². The lowest BCUT2D eigenvalue weighted by atomic mass is 10.1. The van der Waals surface area contributed by atoms with Gasteiger partial charge in [0.05, 0.1) is 16.6 Å². The van der Waals surface area contributed by atoms with Gasteiger partial charge >= 0.3 is 0 Å². The van der Waals surface area contributed by atoms with E-state index in [4.69, 9.17) is 4.74 Å². The maximum absolute atomic E-state index is 12.5. The fourth-order valence-corrected chi connectivity index (χ4v) is 4.00. The third-order valence-corrected chi connectivity index (χ3v) is 5.59. The summed E-state index contributed by atoms with van der Waals surface area (Å²) in [5.41, 5.74) is 2.88. The van der Waals surface area contributed by atoms with Crippen molar-refractivity contribution in [1.29, 1.82) is 0 Å². The van der Waals surface area contributed by atoms with Crippen LogP contribution in [0.4, 0.5) is 0 Å². The molecule has 0 bridgehead atoms. The van der Waals surface area contributed by atoms with E-state index in [1.54, 1.807) is 0 Å². The average molecular weight is 449 g/mol. The first-order chi connectivity index (χ1) is 16.3. The number of hydrogen-bond donors (Lipinski definition) is 2. The summed E-state index contributed by atoms with van der Waals surface area (Å²) in [5, 5.41) is 0.976. The quantitative estimate of drug-likeness (QED) is 0.393. The highest BCUT2D eigenvalue weighted by Crippen LogP contribution is 2.24. The summed E-state index contributed by atoms with van der Waals surface area (Å²) < 4.78 is 5.96. The van der Waals surface area contributed by atoms with Crippen LogP contribution in [-0.2, 0) is 0 Å². The number of imidazole rings is 1. The molecule has 2 aromatic carbocycles. The zero-order valence-corrected chi connectivity index (χ0v) is 20.3. The largest absolute Gasteiger partial charge is 0.492 e. The normalized spacial score (nSPS) is 13.7. The second-order valence-corrected chi connectivity index (χ2v) is 7.61. The van der Waals surface area contributed by atoms with Crippen molar-refractivity contribution >= 4 is 21.9 Å². The Morgan fingerprint density at radius 2 is 1.67 bits per heavy atom. The molecule has 6 heteroatoms. The Bertz CT molecular complexity index is 1210. The number of pyridine rings is 1. The lowest BCUT2D eigenvalue weighted by Gasteiger charge is -2.26. The van der Waals surface area contributed by atoms with E-state index in [2.05, 4.69) is 19.9 Å². The van der Waals surface area contributed by atoms with Crippen molar-refractivity contribution in [3.63, 3.8) is 0 Å². The SMILES string of the molecule is CC.CC.O=c1[nH]c2ccccc2cc1-c1nc2ccc(OCCN3CCCCC3)cc2[nH]1. The van der Waals surface area contributed by atoms with Crippen molar-refractivity contribution in [2.45, 2.75) is 47.0 Å². The molecule has 1 fully saturated rings. The summed E-state index contributed by atoms with van der Waals surface area (Å²) in [6, 6.07) is 15.4. The number of aromatic amines is 2. The van der Waals surface area contributed by atoms with Gasteiger partial charge in [-0.3, -0.25) is 9.69 Å². The molecule has 0 atom stereocenters. The van der Waals surface area contributed by atoms with Crippen molar-refractivity contribution in [1.82, 2.24) is 19.9 Å². The Labute approximate surface area is 196 Å². The molecule has 2 N–H and O–H groups in total. The minimum Gasteiger partial charge on any atom is -0.492 e. The van der Waals surface area contributed by atoms with Gasteiger partial charge in [0.2, 0.25) is 0 Å². The molecule has 2 aromatic heterocycles. The van der Waals surface area contributed by atoms with Crippen molar-refractivity contribution < 1.29 is 4.74 Å². The number of H-pyrrole nitrogens is 2. The molecule has 0 radical (unpaired) electrons. The van der Waals surface area contributed by atoms with Gasteiger partial charge in [0.25, 0.3) is 5.56 Å². The van der Waals surface area contributed by atoms with Crippen molar-refractivity contribution in [3.8, 4) is 17.1 Å². The molecule has 4 aromatic rings. The Kier molecular flexibility index (Phi) is 9.07. The number of para-hydroxylation sites is 1. The fourth-order valence-electron chi connectivity index (χ4n) is 4.00. The van der Waals surface area contributed by atoms with E-state index in [9.17, 15) is 4.79 Å². The zero-order chi connectivity index (χ0) is 23.6. The number of aromatic nitrogens is 3. The summed E-state index contributed by atoms with van der Waals surface area (Å²) in [6.45, 7) is 12.0. The van der Waals surface area contributed by atoms with Gasteiger partial charge in [-0.05, 0) is 55.6 Å². The van der Waals surface area contributed by atoms with Crippen LogP contribution >= 0.6 is 0 Å². The van der Waals surface area contributed by atoms with E-state index in [0.717, 1.165) is 34.2 Å². The molecule has 5 rings (SSSR count). The number of ether oxygens (including phenoxy) is 1. The van der Waals surface area contributed by atoms with Gasteiger partial charge in [0.1, 0.15) is 18.2 Å². The number of nitrogens with zero attached hydrogens (tertiary/aromatic N) is 2. The molecule has 0 aliphatic carbocycles. The lowest BCUT2D eigenvalue weighted by molar-refractivity contribution is 0.183. The van der Waals surface area contributed by atoms with Gasteiger partial charge in [0.15, 0.2) is 0 Å². The maximum Gasteiger partial charge on any atom is 0.259 e. The molecule has 3 heterocycles. The molecule has 1 aliphatic rings. The minimum absolute atomic E-state index is 0.152. The number of fused-ring (bicyclic) bond motifs is 2. The second-order valence-electron chi connectivity index (χ2n) is 7.61. The molecule has 176 valence electrons. The highest BCUT2D eigenvalue weighted by Gasteiger charge is 2.12. The second kappa shape index (κ2) is 12.2. The Morgan fingerprint density at radius 3 is 2.45 bits per heavy atom. The number of benzene rings is 2. The molecule has 0 spiro atoms. The molecule has 1 aliphatic heterocycles. The van der Waals surface area contributed by atoms with Crippen molar-refractivity contribution in [3.05, 3.63) is 58.9 Å². The van der Waals surface area contributed by atoms with Crippen LogP contribution in [-0.4, -0.2) is 46.1 Å². The van der Waals surface area contributed by atoms with Gasteiger partial charge in [0, 0.05) is 18.1 Å². The summed E-state index contributed by atoms with van der Waals surface area (Å²) >= 11 is 0. The van der Waals surface area contributed by atoms with Crippen LogP contribution in [0.15, 0.2) is 53.3 Å². The molecule has 33 heavy (non-hydrogen) atoms. The summed E-state index contributed by atoms with van der Waals surface area (Å²) in [6.07, 6.45) is 3.92. The van der Waals surface area contributed by atoms with Crippen LogP contribution < -0.4 is 10.3 Å². The average Bonchev–Trinajstić information content (AvgIpc) is 3.30. The van der Waals surface area contributed by atoms with Crippen LogP contribution in [0, 0.1) is 0 Å². The summed E-state index contributed by atoms with van der Waals surface area (Å²) in [7, 11) is 0. The van der Waals surface area contributed by atoms with Gasteiger partial charge in [-0.25, -0.2) is 4.98 Å². The molecular formula is C27H36N4O2. The highest BCUT2D eigenvalue weighted by molar-refractivity contribution is 5.85. The van der Waals surface area contributed by atoms with Gasteiger partial charge in [-0.2, -0.15) is 0 Å². The van der Waals surface area contributed by atoms with Gasteiger partial charge in [-0.1, -0.05) is 52.3 Å². The van der Waals surface area contributed by atoms with Crippen LogP contribution in [0.2, 0.25) is 0 Å². The number of nitrogens with one attached hydrogen (secondary N) is 2. The topological polar surface area (TPSA) is 74.0 Å². The summed E-state index contributed by atoms with van der Waals surface area (Å²) in [4.78, 5) is 25.8. The van der Waals surface area contributed by atoms with Crippen LogP contribution in [0.1, 0.15) is 47.0 Å². The number of rotatable bonds is 5. The fraction of sp³-hybridized carbons (Fsp3) is 0.407. The van der Waals surface area contributed by atoms with E-state index < -0.39 is 0 Å². The molecule has 0 amide bonds. The van der Waals surface area contributed by atoms with E-state index in [1.165, 1.54) is 32.4 Å². The molecule has 0 unspecified atom stereocenters. The lowest BCUT2D eigenvalue weighted by Crippen LogP contribution is -2.33. The third kappa shape index (κ3) is 6.02. The highest BCUT2D eigenvalue weighted by atomic mass is 16.5. The smallest absolute Gasteiger partial charge is 0.259 e. The van der Waals surface area contributed by atoms with Crippen LogP contribution in [0.5, 0.6) is 5.75 Å². The minimum atomic E-state index is -0.152. The van der Waals surface area contributed by atoms with E-state index in [-0.39, 0.29) is 5.56 Å². The standard InChI is InChI=1S/C23H24N4O2.2C2H6/c28-23-18(14-16-6-2-3-7-19(16)26-23)22-24-20-9-8-17(15-21(20)25-22)29-13-12-27-10-4-1-5-11-27;2*1-2/h2-3,6-9,14-15H,1,4-5,10-13H2,(H,24,25)(H,26,28);2*1-2H3. The Hall–Kier alpha value is -3.12. The van der Waals surface area contributed by atoms with E-state index in [1.807, 2.05) is 76.2 Å². The van der Waals surface area contributed by atoms with E-state index >= 15 is 0 Å². The first-order valence-electron chi connectivity index (χ1n) is 12.2. The van der Waals surface area contributed by atoms with Crippen molar-refractivity contribution in [2.75, 3.05) is 26.2 Å². The van der Waals surface area contributed by atoms with Gasteiger partial charge < -0.3 is 14.7 Å². The van der Waals surface area contributed by atoms with Gasteiger partial charge in [-0.15, -0.1) is 0 Å². The Balaban J connectivity index is 0.000000728. The molecular weight excluding hydrogens is 412 g/mol. The first-order valence-corrected chi connectivity index (χ1v) is 12.2. The zero-order valence-electron chi connectivity index (χ0n) is 20.3. The number of hydrogen-bond acceptors (Lipinski definition) is 4. The number of likely N-dealkylation sites (tertiary alicyclic amines) is 1. The van der Waals surface area contributed by atoms with Crippen LogP contribution in [0.3, 0.4) is 0 Å². The third-order valence-electron chi connectivity index (χ3n) is 5.59. The molecule has 1 saturated heterocycles. The predicted octanol–water partition coefficient (Wildman–Crippen LogP) is 5.99. The van der Waals surface area contributed by atoms with Crippen molar-refractivity contribution in [2.24, 2.45) is 0 Å².